The Labute approximate surface area is 138 Å². The van der Waals surface area contributed by atoms with Gasteiger partial charge < -0.3 is 15.2 Å². The maximum absolute atomic E-state index is 12.0. The van der Waals surface area contributed by atoms with E-state index in [1.807, 2.05) is 36.1 Å². The van der Waals surface area contributed by atoms with Crippen LogP contribution in [-0.4, -0.2) is 48.3 Å². The van der Waals surface area contributed by atoms with Crippen molar-refractivity contribution in [3.05, 3.63) is 35.4 Å². The van der Waals surface area contributed by atoms with Gasteiger partial charge in [0.1, 0.15) is 0 Å². The molecule has 0 radical (unpaired) electrons. The highest BCUT2D eigenvalue weighted by Gasteiger charge is 2.25. The van der Waals surface area contributed by atoms with Crippen molar-refractivity contribution in [3.63, 3.8) is 0 Å². The fourth-order valence-corrected chi connectivity index (χ4v) is 2.69. The monoisotopic (exact) mass is 320 g/mol. The van der Waals surface area contributed by atoms with Crippen LogP contribution in [0.15, 0.2) is 24.3 Å². The molecule has 1 aromatic carbocycles. The Morgan fingerprint density at radius 2 is 2.04 bits per heavy atom. The molecular weight excluding hydrogens is 292 g/mol. The summed E-state index contributed by atoms with van der Waals surface area (Å²) in [5.41, 5.74) is 2.21. The molecule has 0 bridgehead atoms. The lowest BCUT2D eigenvalue weighted by Crippen LogP contribution is -2.46. The van der Waals surface area contributed by atoms with Crippen molar-refractivity contribution in [2.45, 2.75) is 39.5 Å². The minimum absolute atomic E-state index is 0.00476. The maximum atomic E-state index is 12.0. The molecule has 1 saturated heterocycles. The summed E-state index contributed by atoms with van der Waals surface area (Å²) in [6, 6.07) is 8.08. The summed E-state index contributed by atoms with van der Waals surface area (Å²) in [6.07, 6.45) is 0.616. The topological polar surface area (TPSA) is 61.8 Å². The van der Waals surface area contributed by atoms with Crippen LogP contribution >= 0.6 is 0 Å². The number of benzene rings is 1. The first-order valence-corrected chi connectivity index (χ1v) is 8.41. The zero-order valence-corrected chi connectivity index (χ0v) is 14.1. The van der Waals surface area contributed by atoms with Gasteiger partial charge in [-0.2, -0.15) is 0 Å². The highest BCUT2D eigenvalue weighted by Crippen LogP contribution is 2.16. The standard InChI is InChI=1S/C18H28N2O3/c1-3-23-13-16-6-4-15(5-7-16)10-19-18(22)12-20-9-8-14(2)17(21)11-20/h4-7,14,17,21H,3,8-13H2,1-2H3,(H,19,22). The van der Waals surface area contributed by atoms with Gasteiger partial charge in [-0.25, -0.2) is 0 Å². The van der Waals surface area contributed by atoms with Crippen LogP contribution in [0.4, 0.5) is 0 Å². The molecule has 5 nitrogen and oxygen atoms in total. The third kappa shape index (κ3) is 5.94. The van der Waals surface area contributed by atoms with Crippen LogP contribution in [0.1, 0.15) is 31.4 Å². The second-order valence-corrected chi connectivity index (χ2v) is 6.30. The molecule has 1 fully saturated rings. The lowest BCUT2D eigenvalue weighted by molar-refractivity contribution is -0.123. The Morgan fingerprint density at radius 3 is 2.70 bits per heavy atom. The number of carbonyl (C=O) groups is 1. The van der Waals surface area contributed by atoms with Gasteiger partial charge in [0.25, 0.3) is 0 Å². The third-order valence-electron chi connectivity index (χ3n) is 4.36. The molecule has 0 spiro atoms. The number of carbonyl (C=O) groups excluding carboxylic acids is 1. The summed E-state index contributed by atoms with van der Waals surface area (Å²) in [6.45, 7) is 7.70. The Morgan fingerprint density at radius 1 is 1.35 bits per heavy atom. The van der Waals surface area contributed by atoms with Gasteiger partial charge >= 0.3 is 0 Å². The predicted molar refractivity (Wildman–Crippen MR) is 89.8 cm³/mol. The average molecular weight is 320 g/mol. The van der Waals surface area contributed by atoms with Gasteiger partial charge in [-0.1, -0.05) is 31.2 Å². The number of β-amino-alcohol motifs (C(OH)–C–C–N with tert-alkyl or cyclic N) is 1. The molecule has 0 aliphatic carbocycles. The molecule has 1 heterocycles. The minimum atomic E-state index is -0.325. The fraction of sp³-hybridized carbons (Fsp3) is 0.611. The number of hydrogen-bond acceptors (Lipinski definition) is 4. The van der Waals surface area contributed by atoms with E-state index in [-0.39, 0.29) is 12.0 Å². The summed E-state index contributed by atoms with van der Waals surface area (Å²) in [5, 5.41) is 12.8. The average Bonchev–Trinajstić information content (AvgIpc) is 2.55. The largest absolute Gasteiger partial charge is 0.392 e. The first kappa shape index (κ1) is 17.9. The highest BCUT2D eigenvalue weighted by atomic mass is 16.5. The summed E-state index contributed by atoms with van der Waals surface area (Å²) in [4.78, 5) is 14.0. The van der Waals surface area contributed by atoms with Crippen molar-refractivity contribution < 1.29 is 14.6 Å². The van der Waals surface area contributed by atoms with Gasteiger partial charge in [-0.3, -0.25) is 9.69 Å². The van der Waals surface area contributed by atoms with Crippen molar-refractivity contribution in [3.8, 4) is 0 Å². The zero-order valence-electron chi connectivity index (χ0n) is 14.1. The Hall–Kier alpha value is -1.43. The number of rotatable bonds is 7. The Kier molecular flexibility index (Phi) is 7.02. The molecule has 2 rings (SSSR count). The number of nitrogens with one attached hydrogen (secondary N) is 1. The minimum Gasteiger partial charge on any atom is -0.392 e. The maximum Gasteiger partial charge on any atom is 0.234 e. The number of ether oxygens (including phenoxy) is 1. The molecule has 1 aromatic rings. The van der Waals surface area contributed by atoms with E-state index >= 15 is 0 Å². The second-order valence-electron chi connectivity index (χ2n) is 6.30. The van der Waals surface area contributed by atoms with Gasteiger partial charge in [0, 0.05) is 19.7 Å². The smallest absolute Gasteiger partial charge is 0.234 e. The van der Waals surface area contributed by atoms with Crippen LogP contribution in [-0.2, 0) is 22.7 Å². The number of amides is 1. The van der Waals surface area contributed by atoms with E-state index in [1.54, 1.807) is 0 Å². The molecule has 1 aliphatic rings. The molecule has 128 valence electrons. The predicted octanol–water partition coefficient (Wildman–Crippen LogP) is 1.54. The van der Waals surface area contributed by atoms with Crippen LogP contribution in [0.25, 0.3) is 0 Å². The lowest BCUT2D eigenvalue weighted by atomic mass is 9.96. The first-order chi connectivity index (χ1) is 11.1. The molecule has 0 aromatic heterocycles. The van der Waals surface area contributed by atoms with Crippen molar-refractivity contribution in [2.24, 2.45) is 5.92 Å². The highest BCUT2D eigenvalue weighted by molar-refractivity contribution is 5.78. The number of likely N-dealkylation sites (tertiary alicyclic amines) is 1. The lowest BCUT2D eigenvalue weighted by Gasteiger charge is -2.33. The van der Waals surface area contributed by atoms with Gasteiger partial charge in [0.05, 0.1) is 19.3 Å². The van der Waals surface area contributed by atoms with Crippen LogP contribution in [0.5, 0.6) is 0 Å². The van der Waals surface area contributed by atoms with Crippen LogP contribution < -0.4 is 5.32 Å². The summed E-state index contributed by atoms with van der Waals surface area (Å²) in [5.74, 6) is 0.328. The van der Waals surface area contributed by atoms with Crippen LogP contribution in [0.2, 0.25) is 0 Å². The van der Waals surface area contributed by atoms with E-state index in [4.69, 9.17) is 4.74 Å². The molecule has 1 amide bonds. The second kappa shape index (κ2) is 9.01. The summed E-state index contributed by atoms with van der Waals surface area (Å²) < 4.78 is 5.36. The number of hydrogen-bond donors (Lipinski definition) is 2. The van der Waals surface area contributed by atoms with Gasteiger partial charge in [-0.05, 0) is 36.9 Å². The Balaban J connectivity index is 1.71. The van der Waals surface area contributed by atoms with Crippen molar-refractivity contribution in [1.82, 2.24) is 10.2 Å². The van der Waals surface area contributed by atoms with E-state index in [9.17, 15) is 9.90 Å². The first-order valence-electron chi connectivity index (χ1n) is 8.41. The molecule has 2 N–H and O–H groups in total. The quantitative estimate of drug-likeness (QED) is 0.800. The van der Waals surface area contributed by atoms with E-state index in [0.717, 1.165) is 24.1 Å². The number of aliphatic hydroxyl groups excluding tert-OH is 1. The zero-order chi connectivity index (χ0) is 16.7. The van der Waals surface area contributed by atoms with Gasteiger partial charge in [-0.15, -0.1) is 0 Å². The molecule has 5 heteroatoms. The van der Waals surface area contributed by atoms with Gasteiger partial charge in [0.15, 0.2) is 0 Å². The van der Waals surface area contributed by atoms with Crippen molar-refractivity contribution in [2.75, 3.05) is 26.2 Å². The van der Waals surface area contributed by atoms with E-state index in [1.165, 1.54) is 0 Å². The normalized spacial score (nSPS) is 22.0. The van der Waals surface area contributed by atoms with Crippen LogP contribution in [0.3, 0.4) is 0 Å². The molecule has 23 heavy (non-hydrogen) atoms. The molecule has 2 atom stereocenters. The molecular formula is C18H28N2O3. The number of aliphatic hydroxyl groups is 1. The van der Waals surface area contributed by atoms with Crippen molar-refractivity contribution >= 4 is 5.91 Å². The number of nitrogens with zero attached hydrogens (tertiary/aromatic N) is 1. The fourth-order valence-electron chi connectivity index (χ4n) is 2.69. The Bertz CT molecular complexity index is 490. The van der Waals surface area contributed by atoms with E-state index < -0.39 is 0 Å². The summed E-state index contributed by atoms with van der Waals surface area (Å²) >= 11 is 0. The van der Waals surface area contributed by atoms with Crippen molar-refractivity contribution in [1.29, 1.82) is 0 Å². The molecule has 1 aliphatic heterocycles. The number of piperidine rings is 1. The van der Waals surface area contributed by atoms with Crippen LogP contribution in [0, 0.1) is 5.92 Å². The van der Waals surface area contributed by atoms with E-state index in [0.29, 0.717) is 38.8 Å². The third-order valence-corrected chi connectivity index (χ3v) is 4.36. The molecule has 0 saturated carbocycles. The van der Waals surface area contributed by atoms with Gasteiger partial charge in [0.2, 0.25) is 5.91 Å². The molecule has 2 unspecified atom stereocenters. The van der Waals surface area contributed by atoms with E-state index in [2.05, 4.69) is 12.2 Å². The SMILES string of the molecule is CCOCc1ccc(CNC(=O)CN2CCC(C)C(O)C2)cc1. The summed E-state index contributed by atoms with van der Waals surface area (Å²) in [7, 11) is 0.